The normalized spacial score (nSPS) is 16.2. The second-order valence-corrected chi connectivity index (χ2v) is 5.60. The zero-order chi connectivity index (χ0) is 17.3. The third-order valence-electron chi connectivity index (χ3n) is 4.05. The zero-order valence-corrected chi connectivity index (χ0v) is 13.4. The molecule has 3 rings (SSSR count). The smallest absolute Gasteiger partial charge is 0.177 e. The zero-order valence-electron chi connectivity index (χ0n) is 13.4. The summed E-state index contributed by atoms with van der Waals surface area (Å²) in [5.74, 6) is 0.501. The largest absolute Gasteiger partial charge is 0.508 e. The van der Waals surface area contributed by atoms with Crippen LogP contribution >= 0.6 is 0 Å². The van der Waals surface area contributed by atoms with Crippen molar-refractivity contribution in [1.82, 2.24) is 0 Å². The van der Waals surface area contributed by atoms with Crippen molar-refractivity contribution in [3.05, 3.63) is 41.5 Å². The first-order chi connectivity index (χ1) is 11.5. The van der Waals surface area contributed by atoms with E-state index in [2.05, 4.69) is 0 Å². The maximum atomic E-state index is 12.8. The standard InChI is InChI=1S/C18H18O6/c1-22-14-4-3-10(6-13(14)20)5-11-9-24-16-8-12(19)7-15(23-2)17(16)18(11)21/h3-4,6-8,11,19-20H,5,9H2,1-2H3/t11-/m0/s1. The molecule has 0 aromatic heterocycles. The number of carbonyl (C=O) groups is 1. The fourth-order valence-electron chi connectivity index (χ4n) is 2.86. The van der Waals surface area contributed by atoms with Gasteiger partial charge in [0.2, 0.25) is 0 Å². The molecule has 0 saturated heterocycles. The van der Waals surface area contributed by atoms with Gasteiger partial charge >= 0.3 is 0 Å². The molecule has 1 atom stereocenters. The molecular weight excluding hydrogens is 312 g/mol. The van der Waals surface area contributed by atoms with Crippen molar-refractivity contribution in [2.24, 2.45) is 5.92 Å². The number of ketones is 1. The lowest BCUT2D eigenvalue weighted by atomic mass is 9.89. The van der Waals surface area contributed by atoms with E-state index in [-0.39, 0.29) is 29.6 Å². The van der Waals surface area contributed by atoms with Crippen molar-refractivity contribution in [2.75, 3.05) is 20.8 Å². The number of phenols is 2. The van der Waals surface area contributed by atoms with Gasteiger partial charge in [0.25, 0.3) is 0 Å². The Labute approximate surface area is 139 Å². The Bertz CT molecular complexity index is 766. The summed E-state index contributed by atoms with van der Waals surface area (Å²) in [6.45, 7) is 0.200. The van der Waals surface area contributed by atoms with Gasteiger partial charge < -0.3 is 24.4 Å². The molecule has 2 N–H and O–H groups in total. The van der Waals surface area contributed by atoms with Gasteiger partial charge in [0, 0.05) is 12.1 Å². The molecule has 6 heteroatoms. The van der Waals surface area contributed by atoms with E-state index in [1.807, 2.05) is 0 Å². The number of ether oxygens (including phenoxy) is 3. The molecule has 1 aliphatic rings. The van der Waals surface area contributed by atoms with Crippen LogP contribution in [0.3, 0.4) is 0 Å². The second-order valence-electron chi connectivity index (χ2n) is 5.60. The van der Waals surface area contributed by atoms with Crippen LogP contribution in [0.25, 0.3) is 0 Å². The summed E-state index contributed by atoms with van der Waals surface area (Å²) < 4.78 is 15.8. The van der Waals surface area contributed by atoms with E-state index in [0.29, 0.717) is 23.5 Å². The molecule has 126 valence electrons. The molecule has 24 heavy (non-hydrogen) atoms. The van der Waals surface area contributed by atoms with Crippen molar-refractivity contribution >= 4 is 5.78 Å². The highest BCUT2D eigenvalue weighted by molar-refractivity contribution is 6.04. The van der Waals surface area contributed by atoms with Crippen LogP contribution in [0.1, 0.15) is 15.9 Å². The summed E-state index contributed by atoms with van der Waals surface area (Å²) in [5, 5.41) is 19.5. The highest BCUT2D eigenvalue weighted by atomic mass is 16.5. The van der Waals surface area contributed by atoms with Crippen LogP contribution in [-0.4, -0.2) is 36.8 Å². The molecule has 0 saturated carbocycles. The number of phenolic OH excluding ortho intramolecular Hbond substituents is 2. The van der Waals surface area contributed by atoms with Crippen molar-refractivity contribution in [1.29, 1.82) is 0 Å². The van der Waals surface area contributed by atoms with Crippen LogP contribution < -0.4 is 14.2 Å². The molecule has 0 amide bonds. The summed E-state index contributed by atoms with van der Waals surface area (Å²) in [4.78, 5) is 12.8. The van der Waals surface area contributed by atoms with Crippen molar-refractivity contribution in [3.8, 4) is 28.7 Å². The molecular formula is C18H18O6. The number of fused-ring (bicyclic) bond motifs is 1. The molecule has 0 bridgehead atoms. The number of aromatic hydroxyl groups is 2. The van der Waals surface area contributed by atoms with Gasteiger partial charge in [-0.3, -0.25) is 4.79 Å². The highest BCUT2D eigenvalue weighted by Gasteiger charge is 2.32. The summed E-state index contributed by atoms with van der Waals surface area (Å²) in [6.07, 6.45) is 0.417. The van der Waals surface area contributed by atoms with Gasteiger partial charge in [0.1, 0.15) is 22.8 Å². The lowest BCUT2D eigenvalue weighted by molar-refractivity contribution is 0.0825. The van der Waals surface area contributed by atoms with E-state index in [0.717, 1.165) is 5.56 Å². The van der Waals surface area contributed by atoms with Gasteiger partial charge in [-0.05, 0) is 24.1 Å². The van der Waals surface area contributed by atoms with Crippen LogP contribution in [-0.2, 0) is 6.42 Å². The van der Waals surface area contributed by atoms with Crippen LogP contribution in [0.4, 0.5) is 0 Å². The van der Waals surface area contributed by atoms with Crippen molar-refractivity contribution in [3.63, 3.8) is 0 Å². The fraction of sp³-hybridized carbons (Fsp3) is 0.278. The Balaban J connectivity index is 1.87. The molecule has 1 aliphatic heterocycles. The summed E-state index contributed by atoms with van der Waals surface area (Å²) in [5.41, 5.74) is 1.14. The van der Waals surface area contributed by atoms with Gasteiger partial charge in [-0.2, -0.15) is 0 Å². The van der Waals surface area contributed by atoms with Gasteiger partial charge in [0.05, 0.1) is 26.7 Å². The van der Waals surface area contributed by atoms with E-state index in [1.54, 1.807) is 18.2 Å². The highest BCUT2D eigenvalue weighted by Crippen LogP contribution is 2.39. The molecule has 0 fully saturated rings. The molecule has 2 aromatic rings. The van der Waals surface area contributed by atoms with E-state index in [9.17, 15) is 15.0 Å². The summed E-state index contributed by atoms with van der Waals surface area (Å²) in [7, 11) is 2.92. The Morgan fingerprint density at radius 3 is 2.54 bits per heavy atom. The number of Topliss-reactive ketones (excluding diaryl/α,β-unsaturated/α-hetero) is 1. The first-order valence-electron chi connectivity index (χ1n) is 7.47. The number of methoxy groups -OCH3 is 2. The minimum Gasteiger partial charge on any atom is -0.508 e. The Kier molecular flexibility index (Phi) is 4.20. The van der Waals surface area contributed by atoms with E-state index in [1.165, 1.54) is 26.4 Å². The molecule has 0 unspecified atom stereocenters. The number of hydrogen-bond acceptors (Lipinski definition) is 6. The van der Waals surface area contributed by atoms with Crippen LogP contribution in [0, 0.1) is 5.92 Å². The number of rotatable bonds is 4. The third kappa shape index (κ3) is 2.82. The Hall–Kier alpha value is -2.89. The molecule has 6 nitrogen and oxygen atoms in total. The van der Waals surface area contributed by atoms with Crippen molar-refractivity contribution < 1.29 is 29.2 Å². The van der Waals surface area contributed by atoms with Gasteiger partial charge in [-0.25, -0.2) is 0 Å². The lowest BCUT2D eigenvalue weighted by Crippen LogP contribution is -2.30. The summed E-state index contributed by atoms with van der Waals surface area (Å²) >= 11 is 0. The maximum Gasteiger partial charge on any atom is 0.177 e. The maximum absolute atomic E-state index is 12.8. The van der Waals surface area contributed by atoms with Gasteiger partial charge in [-0.15, -0.1) is 0 Å². The molecule has 0 aliphatic carbocycles. The minimum atomic E-state index is -0.399. The van der Waals surface area contributed by atoms with Crippen LogP contribution in [0.15, 0.2) is 30.3 Å². The first-order valence-corrected chi connectivity index (χ1v) is 7.47. The van der Waals surface area contributed by atoms with Crippen molar-refractivity contribution in [2.45, 2.75) is 6.42 Å². The number of benzene rings is 2. The monoisotopic (exact) mass is 330 g/mol. The van der Waals surface area contributed by atoms with E-state index >= 15 is 0 Å². The summed E-state index contributed by atoms with van der Waals surface area (Å²) in [6, 6.07) is 7.84. The molecule has 2 aromatic carbocycles. The SMILES string of the molecule is COc1ccc(C[C@H]2COc3cc(O)cc(OC)c3C2=O)cc1O. The molecule has 1 heterocycles. The predicted molar refractivity (Wildman–Crippen MR) is 86.3 cm³/mol. The quantitative estimate of drug-likeness (QED) is 0.896. The fourth-order valence-corrected chi connectivity index (χ4v) is 2.86. The predicted octanol–water partition coefficient (Wildman–Crippen LogP) is 2.55. The van der Waals surface area contributed by atoms with E-state index in [4.69, 9.17) is 14.2 Å². The first kappa shape index (κ1) is 16.0. The topological polar surface area (TPSA) is 85.2 Å². The molecule has 0 radical (unpaired) electrons. The Morgan fingerprint density at radius 2 is 1.88 bits per heavy atom. The number of hydrogen-bond donors (Lipinski definition) is 2. The molecule has 0 spiro atoms. The average molecular weight is 330 g/mol. The minimum absolute atomic E-state index is 0.0167. The van der Waals surface area contributed by atoms with Crippen LogP contribution in [0.5, 0.6) is 28.7 Å². The van der Waals surface area contributed by atoms with Gasteiger partial charge in [-0.1, -0.05) is 6.07 Å². The lowest BCUT2D eigenvalue weighted by Gasteiger charge is -2.25. The third-order valence-corrected chi connectivity index (χ3v) is 4.05. The van der Waals surface area contributed by atoms with E-state index < -0.39 is 5.92 Å². The van der Waals surface area contributed by atoms with Crippen LogP contribution in [0.2, 0.25) is 0 Å². The van der Waals surface area contributed by atoms with Gasteiger partial charge in [0.15, 0.2) is 17.3 Å². The Morgan fingerprint density at radius 1 is 1.12 bits per heavy atom. The average Bonchev–Trinajstić information content (AvgIpc) is 2.56. The second kappa shape index (κ2) is 6.31. The number of carbonyl (C=O) groups excluding carboxylic acids is 1.